The second-order valence-corrected chi connectivity index (χ2v) is 7.50. The lowest BCUT2D eigenvalue weighted by Crippen LogP contribution is -2.41. The summed E-state index contributed by atoms with van der Waals surface area (Å²) < 4.78 is 1.46. The summed E-state index contributed by atoms with van der Waals surface area (Å²) in [6.45, 7) is 1.68. The minimum atomic E-state index is -0.189. The Hall–Kier alpha value is -1.44. The van der Waals surface area contributed by atoms with Crippen LogP contribution < -0.4 is 4.87 Å². The van der Waals surface area contributed by atoms with Gasteiger partial charge >= 0.3 is 4.87 Å². The van der Waals surface area contributed by atoms with Gasteiger partial charge in [0, 0.05) is 25.9 Å². The van der Waals surface area contributed by atoms with Gasteiger partial charge in [-0.05, 0) is 37.7 Å². The molecule has 130 valence electrons. The maximum Gasteiger partial charge on any atom is 0.310 e. The fourth-order valence-electron chi connectivity index (χ4n) is 3.16. The Bertz CT molecular complexity index is 780. The molecule has 0 spiro atoms. The molecule has 0 unspecified atom stereocenters. The van der Waals surface area contributed by atoms with Crippen LogP contribution >= 0.6 is 22.9 Å². The first-order chi connectivity index (χ1) is 11.6. The van der Waals surface area contributed by atoms with Crippen molar-refractivity contribution >= 4 is 39.2 Å². The van der Waals surface area contributed by atoms with E-state index in [1.165, 1.54) is 10.8 Å². The average Bonchev–Trinajstić information content (AvgIpc) is 2.88. The molecule has 1 aliphatic rings. The summed E-state index contributed by atoms with van der Waals surface area (Å²) in [6, 6.07) is 1.68. The zero-order chi connectivity index (χ0) is 17.1. The number of carbonyl (C=O) groups excluding carboxylic acids is 1. The van der Waals surface area contributed by atoms with Crippen LogP contribution in [0.25, 0.3) is 10.3 Å². The number of hydrogen-bond acceptors (Lipinski definition) is 5. The minimum absolute atomic E-state index is 0.0299. The highest BCUT2D eigenvalue weighted by atomic mass is 35.5. The molecular formula is C16H20ClN3O3S. The highest BCUT2D eigenvalue weighted by molar-refractivity contribution is 7.16. The number of carbonyl (C=O) groups is 1. The first kappa shape index (κ1) is 17.4. The molecule has 0 saturated carbocycles. The van der Waals surface area contributed by atoms with Crippen LogP contribution in [0.15, 0.2) is 17.1 Å². The van der Waals surface area contributed by atoms with Crippen molar-refractivity contribution in [2.75, 3.05) is 19.7 Å². The van der Waals surface area contributed by atoms with E-state index in [2.05, 4.69) is 4.98 Å². The summed E-state index contributed by atoms with van der Waals surface area (Å²) >= 11 is 6.99. The summed E-state index contributed by atoms with van der Waals surface area (Å²) in [5.74, 6) is 0.534. The summed E-state index contributed by atoms with van der Waals surface area (Å²) in [5, 5.41) is 9.35. The molecule has 0 radical (unpaired) electrons. The molecule has 2 aromatic rings. The quantitative estimate of drug-likeness (QED) is 0.875. The number of amides is 1. The van der Waals surface area contributed by atoms with Gasteiger partial charge in [0.15, 0.2) is 0 Å². The molecule has 1 aliphatic heterocycles. The van der Waals surface area contributed by atoms with Crippen molar-refractivity contribution in [2.45, 2.75) is 32.2 Å². The van der Waals surface area contributed by atoms with Crippen LogP contribution in [0.5, 0.6) is 0 Å². The van der Waals surface area contributed by atoms with Crippen LogP contribution in [0.1, 0.15) is 25.7 Å². The number of aromatic nitrogens is 2. The van der Waals surface area contributed by atoms with E-state index in [9.17, 15) is 9.59 Å². The second kappa shape index (κ2) is 7.63. The minimum Gasteiger partial charge on any atom is -0.396 e. The fraction of sp³-hybridized carbons (Fsp3) is 0.562. The highest BCUT2D eigenvalue weighted by Gasteiger charge is 2.23. The zero-order valence-corrected chi connectivity index (χ0v) is 14.9. The van der Waals surface area contributed by atoms with E-state index in [0.717, 1.165) is 37.0 Å². The van der Waals surface area contributed by atoms with Crippen molar-refractivity contribution in [3.63, 3.8) is 0 Å². The van der Waals surface area contributed by atoms with Crippen LogP contribution in [0.4, 0.5) is 0 Å². The molecule has 8 heteroatoms. The van der Waals surface area contributed by atoms with E-state index in [-0.39, 0.29) is 23.9 Å². The van der Waals surface area contributed by atoms with Crippen molar-refractivity contribution in [3.8, 4) is 0 Å². The number of halogens is 1. The predicted molar refractivity (Wildman–Crippen MR) is 94.5 cm³/mol. The topological polar surface area (TPSA) is 75.4 Å². The Morgan fingerprint density at radius 3 is 2.88 bits per heavy atom. The van der Waals surface area contributed by atoms with Crippen LogP contribution in [0.2, 0.25) is 5.02 Å². The fourth-order valence-corrected chi connectivity index (χ4v) is 4.13. The lowest BCUT2D eigenvalue weighted by atomic mass is 9.92. The number of thiazole rings is 1. The van der Waals surface area contributed by atoms with E-state index in [1.54, 1.807) is 6.07 Å². The predicted octanol–water partition coefficient (Wildman–Crippen LogP) is 2.12. The number of aliphatic hydroxyl groups is 1. The van der Waals surface area contributed by atoms with Gasteiger partial charge in [-0.3, -0.25) is 14.2 Å². The largest absolute Gasteiger partial charge is 0.396 e. The summed E-state index contributed by atoms with van der Waals surface area (Å²) in [7, 11) is 0. The second-order valence-electron chi connectivity index (χ2n) is 6.12. The number of rotatable bonds is 5. The van der Waals surface area contributed by atoms with E-state index >= 15 is 0 Å². The van der Waals surface area contributed by atoms with E-state index in [0.29, 0.717) is 34.4 Å². The van der Waals surface area contributed by atoms with Crippen LogP contribution in [0, 0.1) is 5.92 Å². The van der Waals surface area contributed by atoms with Gasteiger partial charge in [0.05, 0.1) is 10.5 Å². The van der Waals surface area contributed by atoms with Crippen molar-refractivity contribution < 1.29 is 9.90 Å². The average molecular weight is 370 g/mol. The molecule has 0 aromatic carbocycles. The van der Waals surface area contributed by atoms with Crippen molar-refractivity contribution in [1.82, 2.24) is 14.5 Å². The molecule has 0 aliphatic carbocycles. The third kappa shape index (κ3) is 3.79. The molecule has 0 atom stereocenters. The molecular weight excluding hydrogens is 350 g/mol. The SMILES string of the molecule is O=C(Cn1c(=O)sc2ncc(Cl)cc21)N1CCC(CCCO)CC1. The van der Waals surface area contributed by atoms with Gasteiger partial charge in [-0.25, -0.2) is 4.98 Å². The van der Waals surface area contributed by atoms with Gasteiger partial charge in [0.25, 0.3) is 0 Å². The Kier molecular flexibility index (Phi) is 5.53. The maximum absolute atomic E-state index is 12.5. The molecule has 3 rings (SSSR count). The van der Waals surface area contributed by atoms with Gasteiger partial charge in [0.1, 0.15) is 11.4 Å². The Morgan fingerprint density at radius 2 is 2.17 bits per heavy atom. The van der Waals surface area contributed by atoms with E-state index in [1.807, 2.05) is 4.90 Å². The van der Waals surface area contributed by atoms with Gasteiger partial charge in [0.2, 0.25) is 5.91 Å². The molecule has 6 nitrogen and oxygen atoms in total. The molecule has 1 saturated heterocycles. The molecule has 1 amide bonds. The van der Waals surface area contributed by atoms with E-state index < -0.39 is 0 Å². The Balaban J connectivity index is 1.67. The van der Waals surface area contributed by atoms with Crippen molar-refractivity contribution in [3.05, 3.63) is 27.0 Å². The number of hydrogen-bond donors (Lipinski definition) is 1. The standard InChI is InChI=1S/C16H20ClN3O3S/c17-12-8-13-15(18-9-12)24-16(23)20(13)10-14(22)19-5-3-11(4-6-19)2-1-7-21/h8-9,11,21H,1-7,10H2. The summed E-state index contributed by atoms with van der Waals surface area (Å²) in [6.07, 6.45) is 5.25. The normalized spacial score (nSPS) is 16.0. The first-order valence-electron chi connectivity index (χ1n) is 8.12. The van der Waals surface area contributed by atoms with Gasteiger partial charge in [-0.15, -0.1) is 0 Å². The van der Waals surface area contributed by atoms with Crippen molar-refractivity contribution in [1.29, 1.82) is 0 Å². The Morgan fingerprint density at radius 1 is 1.42 bits per heavy atom. The van der Waals surface area contributed by atoms with Crippen LogP contribution in [0.3, 0.4) is 0 Å². The maximum atomic E-state index is 12.5. The van der Waals surface area contributed by atoms with Gasteiger partial charge in [-0.2, -0.15) is 0 Å². The zero-order valence-electron chi connectivity index (χ0n) is 13.3. The smallest absolute Gasteiger partial charge is 0.310 e. The number of aliphatic hydroxyl groups excluding tert-OH is 1. The number of piperidine rings is 1. The molecule has 3 heterocycles. The lowest BCUT2D eigenvalue weighted by Gasteiger charge is -2.32. The number of likely N-dealkylation sites (tertiary alicyclic amines) is 1. The molecule has 2 aromatic heterocycles. The number of fused-ring (bicyclic) bond motifs is 1. The van der Waals surface area contributed by atoms with Crippen LogP contribution in [-0.4, -0.2) is 45.2 Å². The lowest BCUT2D eigenvalue weighted by molar-refractivity contribution is -0.133. The molecule has 1 N–H and O–H groups in total. The van der Waals surface area contributed by atoms with Crippen LogP contribution in [-0.2, 0) is 11.3 Å². The van der Waals surface area contributed by atoms with Gasteiger partial charge in [-0.1, -0.05) is 22.9 Å². The molecule has 0 bridgehead atoms. The molecule has 24 heavy (non-hydrogen) atoms. The third-order valence-corrected chi connectivity index (χ3v) is 5.63. The molecule has 1 fully saturated rings. The monoisotopic (exact) mass is 369 g/mol. The highest BCUT2D eigenvalue weighted by Crippen LogP contribution is 2.23. The summed E-state index contributed by atoms with van der Waals surface area (Å²) in [5.41, 5.74) is 0.615. The Labute approximate surface area is 148 Å². The van der Waals surface area contributed by atoms with Crippen molar-refractivity contribution in [2.24, 2.45) is 5.92 Å². The van der Waals surface area contributed by atoms with Gasteiger partial charge < -0.3 is 10.0 Å². The summed E-state index contributed by atoms with van der Waals surface area (Å²) in [4.78, 5) is 31.1. The number of pyridine rings is 1. The number of nitrogens with zero attached hydrogens (tertiary/aromatic N) is 3. The van der Waals surface area contributed by atoms with E-state index in [4.69, 9.17) is 16.7 Å². The first-order valence-corrected chi connectivity index (χ1v) is 9.31. The third-order valence-electron chi connectivity index (χ3n) is 4.53.